The van der Waals surface area contributed by atoms with Gasteiger partial charge in [0.1, 0.15) is 0 Å². The van der Waals surface area contributed by atoms with Crippen LogP contribution in [0.1, 0.15) is 24.5 Å². The first-order chi connectivity index (χ1) is 13.6. The maximum Gasteiger partial charge on any atom is 0.262 e. The maximum absolute atomic E-state index is 12.8. The van der Waals surface area contributed by atoms with Crippen LogP contribution in [-0.4, -0.2) is 27.8 Å². The van der Waals surface area contributed by atoms with E-state index in [-0.39, 0.29) is 17.2 Å². The van der Waals surface area contributed by atoms with Crippen molar-refractivity contribution < 1.29 is 4.79 Å². The third-order valence-corrected chi connectivity index (χ3v) is 5.56. The van der Waals surface area contributed by atoms with Gasteiger partial charge in [-0.05, 0) is 43.0 Å². The van der Waals surface area contributed by atoms with Crippen LogP contribution >= 0.6 is 11.8 Å². The van der Waals surface area contributed by atoms with Crippen LogP contribution in [0.3, 0.4) is 0 Å². The zero-order chi connectivity index (χ0) is 19.9. The topological polar surface area (TPSA) is 64.0 Å². The lowest BCUT2D eigenvalue weighted by atomic mass is 10.1. The zero-order valence-corrected chi connectivity index (χ0v) is 17.1. The number of thioether (sulfide) groups is 1. The third-order valence-electron chi connectivity index (χ3n) is 4.58. The van der Waals surface area contributed by atoms with Crippen molar-refractivity contribution >= 4 is 28.6 Å². The van der Waals surface area contributed by atoms with Crippen LogP contribution in [0.15, 0.2) is 58.5 Å². The Kier molecular flexibility index (Phi) is 6.87. The Morgan fingerprint density at radius 2 is 1.89 bits per heavy atom. The van der Waals surface area contributed by atoms with Crippen molar-refractivity contribution in [2.45, 2.75) is 38.4 Å². The number of hydrogen-bond donors (Lipinski definition) is 1. The summed E-state index contributed by atoms with van der Waals surface area (Å²) in [6.07, 6.45) is 1.63. The quantitative estimate of drug-likeness (QED) is 0.468. The fourth-order valence-electron chi connectivity index (χ4n) is 3.09. The molecule has 0 saturated carbocycles. The number of benzene rings is 2. The third kappa shape index (κ3) is 4.81. The van der Waals surface area contributed by atoms with Crippen molar-refractivity contribution in [1.29, 1.82) is 0 Å². The molecular weight excluding hydrogens is 370 g/mol. The van der Waals surface area contributed by atoms with Gasteiger partial charge in [0.15, 0.2) is 5.16 Å². The molecule has 28 heavy (non-hydrogen) atoms. The number of carbonyl (C=O) groups is 1. The second-order valence-corrected chi connectivity index (χ2v) is 7.63. The van der Waals surface area contributed by atoms with Gasteiger partial charge >= 0.3 is 0 Å². The molecule has 1 amide bonds. The van der Waals surface area contributed by atoms with E-state index in [0.29, 0.717) is 29.1 Å². The van der Waals surface area contributed by atoms with E-state index in [1.165, 1.54) is 22.9 Å². The number of hydrogen-bond acceptors (Lipinski definition) is 4. The summed E-state index contributed by atoms with van der Waals surface area (Å²) < 4.78 is 1.67. The van der Waals surface area contributed by atoms with Crippen molar-refractivity contribution in [2.75, 3.05) is 12.3 Å². The lowest BCUT2D eigenvalue weighted by Gasteiger charge is -2.12. The molecule has 0 saturated heterocycles. The molecule has 0 unspecified atom stereocenters. The van der Waals surface area contributed by atoms with E-state index in [0.717, 1.165) is 12.8 Å². The largest absolute Gasteiger partial charge is 0.355 e. The molecule has 0 atom stereocenters. The van der Waals surface area contributed by atoms with Gasteiger partial charge in [-0.1, -0.05) is 55.1 Å². The predicted octanol–water partition coefficient (Wildman–Crippen LogP) is 3.57. The lowest BCUT2D eigenvalue weighted by molar-refractivity contribution is -0.118. The standard InChI is InChI=1S/C22H25N3O2S/c1-3-14-25-21(27)18-10-6-7-11-19(18)24-22(25)28-15-20(26)23-13-12-17-9-5-4-8-16(17)2/h4-11H,3,12-15H2,1-2H3,(H,23,26). The molecule has 0 aliphatic carbocycles. The normalized spacial score (nSPS) is 10.9. The van der Waals surface area contributed by atoms with E-state index in [1.54, 1.807) is 10.6 Å². The molecular formula is C22H25N3O2S. The van der Waals surface area contributed by atoms with Gasteiger partial charge in [0.05, 0.1) is 16.7 Å². The number of nitrogens with zero attached hydrogens (tertiary/aromatic N) is 2. The van der Waals surface area contributed by atoms with Gasteiger partial charge in [-0.2, -0.15) is 0 Å². The number of nitrogens with one attached hydrogen (secondary N) is 1. The molecule has 1 heterocycles. The van der Waals surface area contributed by atoms with Gasteiger partial charge in [-0.3, -0.25) is 14.2 Å². The summed E-state index contributed by atoms with van der Waals surface area (Å²) >= 11 is 1.31. The van der Waals surface area contributed by atoms with Crippen LogP contribution in [0.5, 0.6) is 0 Å². The minimum atomic E-state index is -0.0518. The monoisotopic (exact) mass is 395 g/mol. The zero-order valence-electron chi connectivity index (χ0n) is 16.3. The minimum Gasteiger partial charge on any atom is -0.355 e. The van der Waals surface area contributed by atoms with E-state index >= 15 is 0 Å². The van der Waals surface area contributed by atoms with Gasteiger partial charge in [0.2, 0.25) is 5.91 Å². The Hall–Kier alpha value is -2.60. The minimum absolute atomic E-state index is 0.0464. The number of amides is 1. The van der Waals surface area contributed by atoms with Crippen LogP contribution in [0.2, 0.25) is 0 Å². The van der Waals surface area contributed by atoms with E-state index in [2.05, 4.69) is 29.4 Å². The number of rotatable bonds is 8. The fourth-order valence-corrected chi connectivity index (χ4v) is 3.94. The summed E-state index contributed by atoms with van der Waals surface area (Å²) in [4.78, 5) is 29.6. The molecule has 1 N–H and O–H groups in total. The van der Waals surface area contributed by atoms with Gasteiger partial charge in [-0.25, -0.2) is 4.98 Å². The summed E-state index contributed by atoms with van der Waals surface area (Å²) in [7, 11) is 0. The van der Waals surface area contributed by atoms with E-state index in [4.69, 9.17) is 0 Å². The lowest BCUT2D eigenvalue weighted by Crippen LogP contribution is -2.28. The van der Waals surface area contributed by atoms with Crippen LogP contribution in [0.4, 0.5) is 0 Å². The molecule has 0 radical (unpaired) electrons. The number of aromatic nitrogens is 2. The summed E-state index contributed by atoms with van der Waals surface area (Å²) in [6.45, 7) is 5.28. The van der Waals surface area contributed by atoms with Gasteiger partial charge < -0.3 is 5.32 Å². The summed E-state index contributed by atoms with van der Waals surface area (Å²) in [5.74, 6) is 0.187. The van der Waals surface area contributed by atoms with Crippen LogP contribution in [0, 0.1) is 6.92 Å². The van der Waals surface area contributed by atoms with E-state index in [1.807, 2.05) is 37.3 Å². The molecule has 0 fully saturated rings. The molecule has 5 nitrogen and oxygen atoms in total. The molecule has 0 aliphatic rings. The highest BCUT2D eigenvalue weighted by Crippen LogP contribution is 2.18. The Morgan fingerprint density at radius 1 is 1.14 bits per heavy atom. The summed E-state index contributed by atoms with van der Waals surface area (Å²) in [5.41, 5.74) is 3.09. The molecule has 0 bridgehead atoms. The van der Waals surface area contributed by atoms with Crippen molar-refractivity contribution in [3.63, 3.8) is 0 Å². The highest BCUT2D eigenvalue weighted by molar-refractivity contribution is 7.99. The molecule has 146 valence electrons. The van der Waals surface area contributed by atoms with Crippen LogP contribution in [0.25, 0.3) is 10.9 Å². The predicted molar refractivity (Wildman–Crippen MR) is 115 cm³/mol. The Labute approximate surface area is 169 Å². The maximum atomic E-state index is 12.8. The first kappa shape index (κ1) is 20.1. The molecule has 2 aromatic carbocycles. The SMILES string of the molecule is CCCn1c(SCC(=O)NCCc2ccccc2C)nc2ccccc2c1=O. The first-order valence-electron chi connectivity index (χ1n) is 9.53. The number of carbonyl (C=O) groups excluding carboxylic acids is 1. The van der Waals surface area contributed by atoms with Crippen molar-refractivity contribution in [3.05, 3.63) is 70.0 Å². The van der Waals surface area contributed by atoms with Gasteiger partial charge in [-0.15, -0.1) is 0 Å². The Balaban J connectivity index is 1.64. The molecule has 3 aromatic rings. The number of fused-ring (bicyclic) bond motifs is 1. The first-order valence-corrected chi connectivity index (χ1v) is 10.5. The van der Waals surface area contributed by atoms with Crippen molar-refractivity contribution in [3.8, 4) is 0 Å². The molecule has 0 aliphatic heterocycles. The molecule has 6 heteroatoms. The smallest absolute Gasteiger partial charge is 0.262 e. The molecule has 3 rings (SSSR count). The van der Waals surface area contributed by atoms with Crippen molar-refractivity contribution in [1.82, 2.24) is 14.9 Å². The van der Waals surface area contributed by atoms with Gasteiger partial charge in [0.25, 0.3) is 5.56 Å². The van der Waals surface area contributed by atoms with Crippen molar-refractivity contribution in [2.24, 2.45) is 0 Å². The Bertz CT molecular complexity index is 1030. The molecule has 1 aromatic heterocycles. The van der Waals surface area contributed by atoms with Crippen LogP contribution in [-0.2, 0) is 17.8 Å². The second kappa shape index (κ2) is 9.55. The Morgan fingerprint density at radius 3 is 2.68 bits per heavy atom. The van der Waals surface area contributed by atoms with E-state index in [9.17, 15) is 9.59 Å². The van der Waals surface area contributed by atoms with Gasteiger partial charge in [0, 0.05) is 13.1 Å². The van der Waals surface area contributed by atoms with Crippen LogP contribution < -0.4 is 10.9 Å². The molecule has 0 spiro atoms. The van der Waals surface area contributed by atoms with E-state index < -0.39 is 0 Å². The second-order valence-electron chi connectivity index (χ2n) is 6.68. The number of para-hydroxylation sites is 1. The number of aryl methyl sites for hydroxylation is 1. The fraction of sp³-hybridized carbons (Fsp3) is 0.318. The summed E-state index contributed by atoms with van der Waals surface area (Å²) in [6, 6.07) is 15.5. The average Bonchev–Trinajstić information content (AvgIpc) is 2.70. The average molecular weight is 396 g/mol. The summed E-state index contributed by atoms with van der Waals surface area (Å²) in [5, 5.41) is 4.17. The highest BCUT2D eigenvalue weighted by Gasteiger charge is 2.12. The highest BCUT2D eigenvalue weighted by atomic mass is 32.2.